The van der Waals surface area contributed by atoms with Gasteiger partial charge in [-0.25, -0.2) is 9.37 Å². The molecule has 0 spiro atoms. The quantitative estimate of drug-likeness (QED) is 0.318. The van der Waals surface area contributed by atoms with Gasteiger partial charge >= 0.3 is 0 Å². The van der Waals surface area contributed by atoms with E-state index in [1.54, 1.807) is 12.4 Å². The molecule has 0 aliphatic carbocycles. The minimum absolute atomic E-state index is 0.114. The molecule has 0 bridgehead atoms. The molecular weight excluding hydrogens is 420 g/mol. The minimum Gasteiger partial charge on any atom is -0.360 e. The van der Waals surface area contributed by atoms with E-state index in [-0.39, 0.29) is 5.02 Å². The van der Waals surface area contributed by atoms with E-state index in [0.717, 1.165) is 39.0 Å². The van der Waals surface area contributed by atoms with E-state index in [1.807, 2.05) is 65.4 Å². The highest BCUT2D eigenvalue weighted by molar-refractivity contribution is 6.31. The summed E-state index contributed by atoms with van der Waals surface area (Å²) < 4.78 is 16.0. The molecule has 1 N–H and O–H groups in total. The second-order valence-corrected chi connectivity index (χ2v) is 7.92. The van der Waals surface area contributed by atoms with Crippen LogP contribution < -0.4 is 0 Å². The molecule has 148 valence electrons. The van der Waals surface area contributed by atoms with Gasteiger partial charge in [-0.15, -0.1) is 0 Å². The summed E-state index contributed by atoms with van der Waals surface area (Å²) in [7, 11) is 0. The molecule has 0 aliphatic rings. The molecule has 0 aliphatic heterocycles. The number of rotatable bonds is 4. The van der Waals surface area contributed by atoms with Crippen LogP contribution in [0.2, 0.25) is 10.0 Å². The maximum absolute atomic E-state index is 14.0. The molecule has 0 radical (unpaired) electrons. The van der Waals surface area contributed by atoms with Crippen LogP contribution >= 0.6 is 23.2 Å². The zero-order chi connectivity index (χ0) is 20.7. The van der Waals surface area contributed by atoms with Crippen LogP contribution in [-0.4, -0.2) is 14.5 Å². The number of imidazole rings is 1. The smallest absolute Gasteiger partial charge is 0.142 e. The maximum atomic E-state index is 14.0. The number of nitrogens with one attached hydrogen (secondary N) is 1. The van der Waals surface area contributed by atoms with Crippen molar-refractivity contribution in [3.63, 3.8) is 0 Å². The highest BCUT2D eigenvalue weighted by Crippen LogP contribution is 2.36. The summed E-state index contributed by atoms with van der Waals surface area (Å²) in [6.45, 7) is 0.462. The molecule has 2 heterocycles. The average molecular weight is 436 g/mol. The molecule has 30 heavy (non-hydrogen) atoms. The molecule has 0 unspecified atom stereocenters. The van der Waals surface area contributed by atoms with E-state index in [1.165, 1.54) is 6.07 Å². The summed E-state index contributed by atoms with van der Waals surface area (Å²) in [5, 5.41) is 1.83. The van der Waals surface area contributed by atoms with Gasteiger partial charge in [0.2, 0.25) is 0 Å². The van der Waals surface area contributed by atoms with Crippen molar-refractivity contribution in [2.75, 3.05) is 0 Å². The van der Waals surface area contributed by atoms with Crippen molar-refractivity contribution < 1.29 is 4.39 Å². The van der Waals surface area contributed by atoms with Crippen molar-refractivity contribution in [2.45, 2.75) is 6.54 Å². The van der Waals surface area contributed by atoms with Crippen LogP contribution in [0.5, 0.6) is 0 Å². The van der Waals surface area contributed by atoms with Crippen LogP contribution in [0.3, 0.4) is 0 Å². The number of hydrogen-bond donors (Lipinski definition) is 1. The summed E-state index contributed by atoms with van der Waals surface area (Å²) >= 11 is 12.0. The lowest BCUT2D eigenvalue weighted by molar-refractivity contribution is 0.624. The van der Waals surface area contributed by atoms with Crippen LogP contribution in [0.1, 0.15) is 5.56 Å². The molecule has 2 aromatic heterocycles. The number of nitrogens with zero attached hydrogens (tertiary/aromatic N) is 2. The Kier molecular flexibility index (Phi) is 4.81. The summed E-state index contributed by atoms with van der Waals surface area (Å²) in [4.78, 5) is 8.01. The molecule has 0 fully saturated rings. The normalized spacial score (nSPS) is 11.3. The Labute approximate surface area is 182 Å². The van der Waals surface area contributed by atoms with Crippen molar-refractivity contribution in [1.82, 2.24) is 14.5 Å². The fourth-order valence-electron chi connectivity index (χ4n) is 3.72. The molecule has 3 nitrogen and oxygen atoms in total. The first-order valence-electron chi connectivity index (χ1n) is 9.41. The van der Waals surface area contributed by atoms with Crippen molar-refractivity contribution >= 4 is 34.1 Å². The maximum Gasteiger partial charge on any atom is 0.142 e. The number of aromatic nitrogens is 3. The fraction of sp³-hybridized carbons (Fsp3) is 0.0417. The number of H-pyrrole nitrogens is 1. The molecule has 6 heteroatoms. The summed E-state index contributed by atoms with van der Waals surface area (Å²) in [5.41, 5.74) is 5.58. The van der Waals surface area contributed by atoms with Gasteiger partial charge in [0.15, 0.2) is 0 Å². The Morgan fingerprint density at radius 3 is 2.60 bits per heavy atom. The van der Waals surface area contributed by atoms with Crippen molar-refractivity contribution in [3.8, 4) is 22.5 Å². The van der Waals surface area contributed by atoms with E-state index in [4.69, 9.17) is 28.2 Å². The predicted molar refractivity (Wildman–Crippen MR) is 120 cm³/mol. The summed E-state index contributed by atoms with van der Waals surface area (Å²) in [6.07, 6.45) is 3.75. The Morgan fingerprint density at radius 1 is 0.967 bits per heavy atom. The summed E-state index contributed by atoms with van der Waals surface area (Å²) in [5.74, 6) is -0.430. The minimum atomic E-state index is -0.430. The first-order chi connectivity index (χ1) is 14.6. The Morgan fingerprint density at radius 2 is 1.80 bits per heavy atom. The SMILES string of the molecule is Fc1cc(Cn2cnc(-c3ccccc3)c2-c2c[nH]c3cc(Cl)ccc23)ccc1Cl. The van der Waals surface area contributed by atoms with Crippen molar-refractivity contribution in [1.29, 1.82) is 0 Å². The van der Waals surface area contributed by atoms with Gasteiger partial charge in [0.05, 0.1) is 22.7 Å². The molecular formula is C24H16Cl2FN3. The second kappa shape index (κ2) is 7.63. The second-order valence-electron chi connectivity index (χ2n) is 7.08. The molecule has 5 aromatic rings. The van der Waals surface area contributed by atoms with Crippen LogP contribution in [0.15, 0.2) is 79.3 Å². The third kappa shape index (κ3) is 3.38. The molecule has 3 aromatic carbocycles. The first-order valence-corrected chi connectivity index (χ1v) is 10.2. The number of benzene rings is 3. The molecule has 0 saturated carbocycles. The van der Waals surface area contributed by atoms with E-state index >= 15 is 0 Å². The topological polar surface area (TPSA) is 33.6 Å². The third-order valence-corrected chi connectivity index (χ3v) is 5.66. The number of fused-ring (bicyclic) bond motifs is 1. The largest absolute Gasteiger partial charge is 0.360 e. The van der Waals surface area contributed by atoms with Gasteiger partial charge < -0.3 is 9.55 Å². The molecule has 0 atom stereocenters. The lowest BCUT2D eigenvalue weighted by Gasteiger charge is -2.11. The monoisotopic (exact) mass is 435 g/mol. The third-order valence-electron chi connectivity index (χ3n) is 5.12. The van der Waals surface area contributed by atoms with E-state index in [0.29, 0.717) is 11.6 Å². The standard InChI is InChI=1S/C24H16Cl2FN3/c25-17-7-8-18-19(12-28-22(18)11-17)24-23(16-4-2-1-3-5-16)29-14-30(24)13-15-6-9-20(26)21(27)10-15/h1-12,14,28H,13H2. The van der Waals surface area contributed by atoms with Gasteiger partial charge in [0.25, 0.3) is 0 Å². The van der Waals surface area contributed by atoms with Crippen LogP contribution in [0, 0.1) is 5.82 Å². The predicted octanol–water partition coefficient (Wildman–Crippen LogP) is 7.19. The number of aromatic amines is 1. The Hall–Kier alpha value is -3.08. The lowest BCUT2D eigenvalue weighted by atomic mass is 10.0. The van der Waals surface area contributed by atoms with Gasteiger partial charge in [-0.05, 0) is 29.8 Å². The zero-order valence-corrected chi connectivity index (χ0v) is 17.3. The van der Waals surface area contributed by atoms with Gasteiger partial charge in [-0.1, -0.05) is 65.7 Å². The van der Waals surface area contributed by atoms with Gasteiger partial charge in [0, 0.05) is 39.8 Å². The highest BCUT2D eigenvalue weighted by atomic mass is 35.5. The van der Waals surface area contributed by atoms with Crippen LogP contribution in [-0.2, 0) is 6.54 Å². The Bertz CT molecular complexity index is 1360. The number of halogens is 3. The van der Waals surface area contributed by atoms with E-state index in [9.17, 15) is 4.39 Å². The van der Waals surface area contributed by atoms with Crippen molar-refractivity contribution in [2.24, 2.45) is 0 Å². The lowest BCUT2D eigenvalue weighted by Crippen LogP contribution is -2.01. The van der Waals surface area contributed by atoms with Crippen LogP contribution in [0.4, 0.5) is 4.39 Å². The molecule has 5 rings (SSSR count). The fourth-order valence-corrected chi connectivity index (χ4v) is 4.01. The van der Waals surface area contributed by atoms with E-state index < -0.39 is 5.82 Å². The Balaban J connectivity index is 1.70. The van der Waals surface area contributed by atoms with Crippen molar-refractivity contribution in [3.05, 3.63) is 101 Å². The number of hydrogen-bond acceptors (Lipinski definition) is 1. The van der Waals surface area contributed by atoms with Gasteiger partial charge in [0.1, 0.15) is 5.82 Å². The van der Waals surface area contributed by atoms with E-state index in [2.05, 4.69) is 4.98 Å². The molecule has 0 saturated heterocycles. The zero-order valence-electron chi connectivity index (χ0n) is 15.7. The molecule has 0 amide bonds. The van der Waals surface area contributed by atoms with Gasteiger partial charge in [-0.2, -0.15) is 0 Å². The van der Waals surface area contributed by atoms with Gasteiger partial charge in [-0.3, -0.25) is 0 Å². The first kappa shape index (κ1) is 18.9. The van der Waals surface area contributed by atoms with Crippen LogP contribution in [0.25, 0.3) is 33.4 Å². The highest BCUT2D eigenvalue weighted by Gasteiger charge is 2.19. The summed E-state index contributed by atoms with van der Waals surface area (Å²) in [6, 6.07) is 20.7. The average Bonchev–Trinajstić information content (AvgIpc) is 3.34.